The van der Waals surface area contributed by atoms with Gasteiger partial charge in [-0.2, -0.15) is 0 Å². The van der Waals surface area contributed by atoms with E-state index in [-0.39, 0.29) is 5.60 Å². The van der Waals surface area contributed by atoms with Gasteiger partial charge in [0.1, 0.15) is 5.76 Å². The number of hydrogen-bond acceptors (Lipinski definition) is 3. The van der Waals surface area contributed by atoms with Gasteiger partial charge < -0.3 is 14.9 Å². The van der Waals surface area contributed by atoms with E-state index in [1.165, 1.54) is 0 Å². The molecule has 2 heterocycles. The third-order valence-electron chi connectivity index (χ3n) is 2.68. The molecule has 0 aliphatic carbocycles. The van der Waals surface area contributed by atoms with E-state index in [4.69, 9.17) is 14.9 Å². The third-order valence-corrected chi connectivity index (χ3v) is 3.11. The lowest BCUT2D eigenvalue weighted by atomic mass is 9.95. The Labute approximate surface area is 91.7 Å². The topological polar surface area (TPSA) is 48.4 Å². The van der Waals surface area contributed by atoms with Crippen LogP contribution in [0, 0.1) is 0 Å². The Balaban J connectivity index is 2.08. The normalized spacial score (nSPS) is 27.0. The molecule has 0 saturated carbocycles. The minimum absolute atomic E-state index is 0.183. The van der Waals surface area contributed by atoms with Crippen molar-refractivity contribution in [3.05, 3.63) is 22.6 Å². The predicted molar refractivity (Wildman–Crippen MR) is 57.1 cm³/mol. The molecule has 1 aromatic rings. The second-order valence-electron chi connectivity index (χ2n) is 3.72. The number of furan rings is 1. The summed E-state index contributed by atoms with van der Waals surface area (Å²) in [5.74, 6) is 0.934. The molecule has 1 aromatic heterocycles. The van der Waals surface area contributed by atoms with Crippen LogP contribution >= 0.6 is 15.9 Å². The molecule has 0 spiro atoms. The summed E-state index contributed by atoms with van der Waals surface area (Å²) in [4.78, 5) is 0. The number of halogens is 1. The zero-order chi connectivity index (χ0) is 10.0. The van der Waals surface area contributed by atoms with Crippen molar-refractivity contribution in [1.82, 2.24) is 0 Å². The Kier molecular flexibility index (Phi) is 2.95. The second-order valence-corrected chi connectivity index (χ2v) is 4.50. The molecule has 0 amide bonds. The second kappa shape index (κ2) is 4.04. The van der Waals surface area contributed by atoms with E-state index in [1.807, 2.05) is 12.1 Å². The quantitative estimate of drug-likeness (QED) is 0.905. The first-order valence-corrected chi connectivity index (χ1v) is 5.62. The van der Waals surface area contributed by atoms with Crippen LogP contribution in [0.4, 0.5) is 0 Å². The standard InChI is InChI=1S/C10H14BrNO2/c11-9-3-2-8(14-9)6-10(7-12)4-1-5-13-10/h2-3H,1,4-7,12H2. The van der Waals surface area contributed by atoms with Crippen molar-refractivity contribution in [3.63, 3.8) is 0 Å². The van der Waals surface area contributed by atoms with Gasteiger partial charge in [-0.25, -0.2) is 0 Å². The van der Waals surface area contributed by atoms with Gasteiger partial charge in [-0.3, -0.25) is 0 Å². The molecule has 3 nitrogen and oxygen atoms in total. The zero-order valence-corrected chi connectivity index (χ0v) is 9.55. The number of nitrogens with two attached hydrogens (primary N) is 1. The average Bonchev–Trinajstić information content (AvgIpc) is 2.77. The summed E-state index contributed by atoms with van der Waals surface area (Å²) >= 11 is 3.28. The van der Waals surface area contributed by atoms with Crippen LogP contribution in [0.25, 0.3) is 0 Å². The van der Waals surface area contributed by atoms with Gasteiger partial charge in [-0.15, -0.1) is 0 Å². The number of hydrogen-bond donors (Lipinski definition) is 1. The van der Waals surface area contributed by atoms with Gasteiger partial charge in [0, 0.05) is 19.6 Å². The van der Waals surface area contributed by atoms with Gasteiger partial charge in [-0.05, 0) is 40.9 Å². The first kappa shape index (κ1) is 10.2. The lowest BCUT2D eigenvalue weighted by Crippen LogP contribution is -2.39. The van der Waals surface area contributed by atoms with Crippen molar-refractivity contribution < 1.29 is 9.15 Å². The fraction of sp³-hybridized carbons (Fsp3) is 0.600. The molecule has 78 valence electrons. The highest BCUT2D eigenvalue weighted by Gasteiger charge is 2.34. The Morgan fingerprint density at radius 2 is 2.36 bits per heavy atom. The van der Waals surface area contributed by atoms with Crippen LogP contribution in [0.15, 0.2) is 21.2 Å². The fourth-order valence-electron chi connectivity index (χ4n) is 1.89. The molecule has 2 rings (SSSR count). The molecule has 1 atom stereocenters. The molecular weight excluding hydrogens is 246 g/mol. The summed E-state index contributed by atoms with van der Waals surface area (Å²) in [6.07, 6.45) is 2.90. The van der Waals surface area contributed by atoms with E-state index in [2.05, 4.69) is 15.9 Å². The first-order chi connectivity index (χ1) is 6.74. The fourth-order valence-corrected chi connectivity index (χ4v) is 2.23. The van der Waals surface area contributed by atoms with E-state index in [9.17, 15) is 0 Å². The van der Waals surface area contributed by atoms with Crippen molar-refractivity contribution >= 4 is 15.9 Å². The molecule has 14 heavy (non-hydrogen) atoms. The van der Waals surface area contributed by atoms with Gasteiger partial charge in [0.05, 0.1) is 5.60 Å². The molecule has 1 fully saturated rings. The Morgan fingerprint density at radius 1 is 1.50 bits per heavy atom. The lowest BCUT2D eigenvalue weighted by Gasteiger charge is -2.25. The highest BCUT2D eigenvalue weighted by Crippen LogP contribution is 2.29. The molecule has 2 N–H and O–H groups in total. The summed E-state index contributed by atoms with van der Waals surface area (Å²) in [5, 5.41) is 0. The SMILES string of the molecule is NCC1(Cc2ccc(Br)o2)CCCO1. The van der Waals surface area contributed by atoms with Gasteiger partial charge in [0.15, 0.2) is 4.67 Å². The maximum Gasteiger partial charge on any atom is 0.169 e. The molecule has 0 radical (unpaired) electrons. The van der Waals surface area contributed by atoms with Crippen molar-refractivity contribution in [2.75, 3.05) is 13.2 Å². The van der Waals surface area contributed by atoms with Crippen LogP contribution in [0.1, 0.15) is 18.6 Å². The third kappa shape index (κ3) is 2.02. The molecule has 1 aliphatic heterocycles. The van der Waals surface area contributed by atoms with Crippen LogP contribution in [0.5, 0.6) is 0 Å². The highest BCUT2D eigenvalue weighted by atomic mass is 79.9. The smallest absolute Gasteiger partial charge is 0.169 e. The molecule has 4 heteroatoms. The summed E-state index contributed by atoms with van der Waals surface area (Å²) in [7, 11) is 0. The van der Waals surface area contributed by atoms with Gasteiger partial charge in [0.2, 0.25) is 0 Å². The van der Waals surface area contributed by atoms with Crippen LogP contribution in [0.2, 0.25) is 0 Å². The van der Waals surface area contributed by atoms with Crippen LogP contribution in [0.3, 0.4) is 0 Å². The van der Waals surface area contributed by atoms with Crippen LogP contribution in [-0.2, 0) is 11.2 Å². The Hall–Kier alpha value is -0.320. The summed E-state index contributed by atoms with van der Waals surface area (Å²) < 4.78 is 11.9. The molecule has 0 bridgehead atoms. The molecule has 1 saturated heterocycles. The summed E-state index contributed by atoms with van der Waals surface area (Å²) in [5.41, 5.74) is 5.56. The van der Waals surface area contributed by atoms with E-state index in [0.29, 0.717) is 6.54 Å². The van der Waals surface area contributed by atoms with E-state index in [1.54, 1.807) is 0 Å². The Bertz CT molecular complexity index is 305. The van der Waals surface area contributed by atoms with Crippen molar-refractivity contribution in [3.8, 4) is 0 Å². The average molecular weight is 260 g/mol. The molecular formula is C10H14BrNO2. The van der Waals surface area contributed by atoms with Crippen molar-refractivity contribution in [2.45, 2.75) is 24.9 Å². The monoisotopic (exact) mass is 259 g/mol. The van der Waals surface area contributed by atoms with E-state index in [0.717, 1.165) is 36.3 Å². The molecule has 1 unspecified atom stereocenters. The molecule has 1 aliphatic rings. The zero-order valence-electron chi connectivity index (χ0n) is 7.96. The maximum atomic E-state index is 5.75. The first-order valence-electron chi connectivity index (χ1n) is 4.82. The minimum Gasteiger partial charge on any atom is -0.454 e. The van der Waals surface area contributed by atoms with E-state index < -0.39 is 0 Å². The molecule has 0 aromatic carbocycles. The Morgan fingerprint density at radius 3 is 2.86 bits per heavy atom. The highest BCUT2D eigenvalue weighted by molar-refractivity contribution is 9.10. The van der Waals surface area contributed by atoms with E-state index >= 15 is 0 Å². The minimum atomic E-state index is -0.183. The van der Waals surface area contributed by atoms with Gasteiger partial charge in [0.25, 0.3) is 0 Å². The summed E-state index contributed by atoms with van der Waals surface area (Å²) in [6.45, 7) is 1.38. The van der Waals surface area contributed by atoms with Crippen LogP contribution < -0.4 is 5.73 Å². The van der Waals surface area contributed by atoms with Crippen molar-refractivity contribution in [1.29, 1.82) is 0 Å². The largest absolute Gasteiger partial charge is 0.454 e. The summed E-state index contributed by atoms with van der Waals surface area (Å²) in [6, 6.07) is 3.86. The van der Waals surface area contributed by atoms with Crippen LogP contribution in [-0.4, -0.2) is 18.8 Å². The van der Waals surface area contributed by atoms with Crippen molar-refractivity contribution in [2.24, 2.45) is 5.73 Å². The maximum absolute atomic E-state index is 5.75. The predicted octanol–water partition coefficient (Wildman–Crippen LogP) is 2.09. The van der Waals surface area contributed by atoms with Gasteiger partial charge >= 0.3 is 0 Å². The number of ether oxygens (including phenoxy) is 1. The lowest BCUT2D eigenvalue weighted by molar-refractivity contribution is 0.00830. The number of rotatable bonds is 3. The van der Waals surface area contributed by atoms with Gasteiger partial charge in [-0.1, -0.05) is 0 Å².